The topological polar surface area (TPSA) is 26.0 Å². The van der Waals surface area contributed by atoms with Gasteiger partial charge in [-0.1, -0.05) is 44.4 Å². The van der Waals surface area contributed by atoms with E-state index in [1.165, 1.54) is 10.6 Å². The van der Waals surface area contributed by atoms with Crippen molar-refractivity contribution < 1.29 is 4.52 Å². The molecule has 0 N–H and O–H groups in total. The van der Waals surface area contributed by atoms with Gasteiger partial charge >= 0.3 is 0 Å². The molecule has 0 fully saturated rings. The van der Waals surface area contributed by atoms with Crippen molar-refractivity contribution >= 4 is 26.7 Å². The van der Waals surface area contributed by atoms with Crippen LogP contribution in [0.1, 0.15) is 5.69 Å². The van der Waals surface area contributed by atoms with Gasteiger partial charge in [-0.05, 0) is 12.1 Å². The Morgan fingerprint density at radius 1 is 0.929 bits per heavy atom. The Kier molecular flexibility index (Phi) is 2.80. The molecule has 0 bridgehead atoms. The standard InChI is InChI=1S/C10H21NOSi2/c1-8-9(13(2,3)4)10(12-11-8)14(5,6)7/h1-7H3. The molecule has 0 aliphatic heterocycles. The van der Waals surface area contributed by atoms with Crippen molar-refractivity contribution in [1.29, 1.82) is 0 Å². The zero-order chi connectivity index (χ0) is 11.1. The molecule has 1 aromatic heterocycles. The van der Waals surface area contributed by atoms with Gasteiger partial charge in [0.25, 0.3) is 0 Å². The second-order valence-electron chi connectivity index (χ2n) is 5.97. The van der Waals surface area contributed by atoms with E-state index in [0.29, 0.717) is 0 Å². The van der Waals surface area contributed by atoms with Gasteiger partial charge in [0, 0.05) is 0 Å². The van der Waals surface area contributed by atoms with Crippen LogP contribution in [0.2, 0.25) is 39.3 Å². The molecule has 0 saturated carbocycles. The number of aromatic nitrogens is 1. The van der Waals surface area contributed by atoms with Crippen molar-refractivity contribution in [2.75, 3.05) is 0 Å². The minimum atomic E-state index is -1.36. The quantitative estimate of drug-likeness (QED) is 0.723. The van der Waals surface area contributed by atoms with Crippen LogP contribution in [0.3, 0.4) is 0 Å². The van der Waals surface area contributed by atoms with Gasteiger partial charge in [-0.2, -0.15) is 0 Å². The van der Waals surface area contributed by atoms with E-state index in [2.05, 4.69) is 51.4 Å². The summed E-state index contributed by atoms with van der Waals surface area (Å²) in [7, 11) is -2.66. The summed E-state index contributed by atoms with van der Waals surface area (Å²) in [4.78, 5) is 0. The maximum Gasteiger partial charge on any atom is 0.126 e. The van der Waals surface area contributed by atoms with Crippen molar-refractivity contribution in [2.45, 2.75) is 46.2 Å². The predicted octanol–water partition coefficient (Wildman–Crippen LogP) is 2.07. The molecule has 80 valence electrons. The van der Waals surface area contributed by atoms with E-state index in [4.69, 9.17) is 4.52 Å². The van der Waals surface area contributed by atoms with E-state index in [-0.39, 0.29) is 0 Å². The number of aryl methyl sites for hydroxylation is 1. The Bertz CT molecular complexity index is 331. The minimum Gasteiger partial charge on any atom is -0.367 e. The van der Waals surface area contributed by atoms with Gasteiger partial charge in [0.1, 0.15) is 13.5 Å². The molecule has 1 heterocycles. The van der Waals surface area contributed by atoms with Gasteiger partial charge in [-0.3, -0.25) is 0 Å². The largest absolute Gasteiger partial charge is 0.367 e. The maximum atomic E-state index is 5.53. The summed E-state index contributed by atoms with van der Waals surface area (Å²) in [5.74, 6) is 0. The fraction of sp³-hybridized carbons (Fsp3) is 0.700. The molecule has 0 aliphatic rings. The summed E-state index contributed by atoms with van der Waals surface area (Å²) in [6.45, 7) is 16.1. The van der Waals surface area contributed by atoms with Crippen molar-refractivity contribution in [3.63, 3.8) is 0 Å². The van der Waals surface area contributed by atoms with E-state index in [0.717, 1.165) is 5.69 Å². The Hall–Kier alpha value is -0.356. The lowest BCUT2D eigenvalue weighted by molar-refractivity contribution is 0.438. The molecule has 0 amide bonds. The Labute approximate surface area is 88.7 Å². The highest BCUT2D eigenvalue weighted by Gasteiger charge is 2.33. The second kappa shape index (κ2) is 3.34. The van der Waals surface area contributed by atoms with Crippen LogP contribution in [0.25, 0.3) is 0 Å². The van der Waals surface area contributed by atoms with Crippen LogP contribution in [-0.2, 0) is 0 Å². The highest BCUT2D eigenvalue weighted by Crippen LogP contribution is 2.08. The first kappa shape index (κ1) is 11.7. The van der Waals surface area contributed by atoms with Crippen LogP contribution in [0.4, 0.5) is 0 Å². The van der Waals surface area contributed by atoms with E-state index < -0.39 is 16.1 Å². The predicted molar refractivity (Wildman–Crippen MR) is 67.2 cm³/mol. The number of hydrogen-bond acceptors (Lipinski definition) is 2. The summed E-state index contributed by atoms with van der Waals surface area (Å²) in [6.07, 6.45) is 0. The first-order chi connectivity index (χ1) is 6.14. The third-order valence-corrected chi connectivity index (χ3v) is 6.34. The molecular formula is C10H21NOSi2. The summed E-state index contributed by atoms with van der Waals surface area (Å²) in [6, 6.07) is 0. The monoisotopic (exact) mass is 227 g/mol. The van der Waals surface area contributed by atoms with Crippen LogP contribution in [0, 0.1) is 6.92 Å². The van der Waals surface area contributed by atoms with Gasteiger partial charge in [-0.15, -0.1) is 0 Å². The van der Waals surface area contributed by atoms with Gasteiger partial charge in [0.05, 0.1) is 13.8 Å². The first-order valence-electron chi connectivity index (χ1n) is 5.11. The molecule has 1 rings (SSSR count). The zero-order valence-electron chi connectivity index (χ0n) is 10.4. The molecular weight excluding hydrogens is 206 g/mol. The number of nitrogens with zero attached hydrogens (tertiary/aromatic N) is 1. The Morgan fingerprint density at radius 2 is 1.43 bits per heavy atom. The van der Waals surface area contributed by atoms with Crippen LogP contribution in [0.5, 0.6) is 0 Å². The lowest BCUT2D eigenvalue weighted by atomic mass is 10.5. The maximum absolute atomic E-state index is 5.53. The molecule has 0 unspecified atom stereocenters. The van der Waals surface area contributed by atoms with Gasteiger partial charge < -0.3 is 4.52 Å². The van der Waals surface area contributed by atoms with Crippen molar-refractivity contribution in [3.8, 4) is 0 Å². The highest BCUT2D eigenvalue weighted by molar-refractivity contribution is 6.98. The first-order valence-corrected chi connectivity index (χ1v) is 12.1. The molecule has 0 spiro atoms. The average Bonchev–Trinajstić information content (AvgIpc) is 2.27. The van der Waals surface area contributed by atoms with Gasteiger partial charge in [-0.25, -0.2) is 0 Å². The molecule has 0 radical (unpaired) electrons. The molecule has 1 aromatic rings. The zero-order valence-corrected chi connectivity index (χ0v) is 12.4. The highest BCUT2D eigenvalue weighted by atomic mass is 28.3. The van der Waals surface area contributed by atoms with Crippen LogP contribution >= 0.6 is 0 Å². The summed E-state index contributed by atoms with van der Waals surface area (Å²) < 4.78 is 5.53. The third kappa shape index (κ3) is 2.17. The molecule has 0 aliphatic carbocycles. The minimum absolute atomic E-state index is 1.11. The van der Waals surface area contributed by atoms with Crippen molar-refractivity contribution in [3.05, 3.63) is 5.69 Å². The van der Waals surface area contributed by atoms with Crippen LogP contribution < -0.4 is 10.6 Å². The molecule has 2 nitrogen and oxygen atoms in total. The SMILES string of the molecule is Cc1noc([Si](C)(C)C)c1[Si](C)(C)C. The van der Waals surface area contributed by atoms with Gasteiger partial charge in [0.2, 0.25) is 0 Å². The molecule has 14 heavy (non-hydrogen) atoms. The molecule has 4 heteroatoms. The van der Waals surface area contributed by atoms with E-state index in [1.54, 1.807) is 0 Å². The summed E-state index contributed by atoms with van der Waals surface area (Å²) >= 11 is 0. The lowest BCUT2D eigenvalue weighted by Crippen LogP contribution is -2.55. The second-order valence-corrected chi connectivity index (χ2v) is 15.9. The fourth-order valence-electron chi connectivity index (χ4n) is 1.76. The fourth-order valence-corrected chi connectivity index (χ4v) is 7.12. The molecule has 0 saturated heterocycles. The van der Waals surface area contributed by atoms with E-state index in [1.807, 2.05) is 0 Å². The Balaban J connectivity index is 3.35. The third-order valence-electron chi connectivity index (χ3n) is 2.29. The van der Waals surface area contributed by atoms with E-state index >= 15 is 0 Å². The molecule has 0 aromatic carbocycles. The average molecular weight is 227 g/mol. The summed E-state index contributed by atoms with van der Waals surface area (Å²) in [5, 5.41) is 6.82. The summed E-state index contributed by atoms with van der Waals surface area (Å²) in [5.41, 5.74) is 1.11. The van der Waals surface area contributed by atoms with Crippen molar-refractivity contribution in [1.82, 2.24) is 5.16 Å². The Morgan fingerprint density at radius 3 is 1.71 bits per heavy atom. The van der Waals surface area contributed by atoms with Crippen LogP contribution in [0.15, 0.2) is 4.52 Å². The van der Waals surface area contributed by atoms with Gasteiger partial charge in [0.15, 0.2) is 0 Å². The lowest BCUT2D eigenvalue weighted by Gasteiger charge is -2.21. The van der Waals surface area contributed by atoms with Crippen LogP contribution in [-0.4, -0.2) is 21.3 Å². The number of rotatable bonds is 2. The van der Waals surface area contributed by atoms with E-state index in [9.17, 15) is 0 Å². The van der Waals surface area contributed by atoms with Crippen molar-refractivity contribution in [2.24, 2.45) is 0 Å². The smallest absolute Gasteiger partial charge is 0.126 e. The normalized spacial score (nSPS) is 13.4. The number of hydrogen-bond donors (Lipinski definition) is 0. The molecule has 0 atom stereocenters.